The van der Waals surface area contributed by atoms with E-state index in [1.54, 1.807) is 0 Å². The topological polar surface area (TPSA) is 21.3 Å². The minimum atomic E-state index is 0.310. The Morgan fingerprint density at radius 3 is 2.33 bits per heavy atom. The van der Waals surface area contributed by atoms with Crippen LogP contribution in [0.4, 0.5) is 0 Å². The van der Waals surface area contributed by atoms with Crippen molar-refractivity contribution in [3.63, 3.8) is 0 Å². The Morgan fingerprint density at radius 1 is 1.22 bits per heavy atom. The molecule has 0 radical (unpaired) electrons. The number of ether oxygens (including phenoxy) is 1. The van der Waals surface area contributed by atoms with Crippen LogP contribution in [0.2, 0.25) is 0 Å². The molecule has 100 valence electrons. The average molecular weight is 247 g/mol. The van der Waals surface area contributed by atoms with Gasteiger partial charge in [-0.1, -0.05) is 17.7 Å². The minimum Gasteiger partial charge on any atom is -0.379 e. The van der Waals surface area contributed by atoms with Crippen molar-refractivity contribution >= 4 is 0 Å². The van der Waals surface area contributed by atoms with Crippen molar-refractivity contribution in [3.05, 3.63) is 34.4 Å². The fourth-order valence-corrected chi connectivity index (χ4v) is 2.69. The van der Waals surface area contributed by atoms with E-state index in [4.69, 9.17) is 4.74 Å². The van der Waals surface area contributed by atoms with E-state index in [9.17, 15) is 0 Å². The lowest BCUT2D eigenvalue weighted by Crippen LogP contribution is -2.24. The van der Waals surface area contributed by atoms with Gasteiger partial charge in [0.25, 0.3) is 0 Å². The summed E-state index contributed by atoms with van der Waals surface area (Å²) in [5, 5.41) is 3.39. The van der Waals surface area contributed by atoms with Crippen LogP contribution in [0.25, 0.3) is 0 Å². The van der Waals surface area contributed by atoms with Crippen LogP contribution >= 0.6 is 0 Å². The zero-order chi connectivity index (χ0) is 13.1. The Morgan fingerprint density at radius 2 is 1.83 bits per heavy atom. The van der Waals surface area contributed by atoms with Gasteiger partial charge in [-0.3, -0.25) is 0 Å². The highest BCUT2D eigenvalue weighted by atomic mass is 16.5. The molecule has 1 aromatic carbocycles. The van der Waals surface area contributed by atoms with Gasteiger partial charge in [0, 0.05) is 6.61 Å². The molecule has 1 aliphatic carbocycles. The van der Waals surface area contributed by atoms with Gasteiger partial charge in [-0.25, -0.2) is 0 Å². The highest BCUT2D eigenvalue weighted by molar-refractivity contribution is 5.39. The van der Waals surface area contributed by atoms with Gasteiger partial charge in [0.2, 0.25) is 0 Å². The lowest BCUT2D eigenvalue weighted by atomic mass is 9.94. The second-order valence-electron chi connectivity index (χ2n) is 5.63. The normalized spacial score (nSPS) is 16.9. The van der Waals surface area contributed by atoms with Gasteiger partial charge >= 0.3 is 0 Å². The lowest BCUT2D eigenvalue weighted by molar-refractivity contribution is 0.104. The van der Waals surface area contributed by atoms with E-state index in [-0.39, 0.29) is 0 Å². The maximum Gasteiger partial charge on any atom is 0.0661 e. The summed E-state index contributed by atoms with van der Waals surface area (Å²) in [6, 6.07) is 4.82. The van der Waals surface area contributed by atoms with Crippen molar-refractivity contribution in [1.29, 1.82) is 0 Å². The number of benzene rings is 1. The third-order valence-corrected chi connectivity index (χ3v) is 3.77. The standard InChI is InChI=1S/C16H25NO/c1-11-7-12(2)16(13(3)8-11)15(17-4)10-18-9-14-5-6-14/h7-8,14-15,17H,5-6,9-10H2,1-4H3. The van der Waals surface area contributed by atoms with E-state index in [1.165, 1.54) is 35.1 Å². The highest BCUT2D eigenvalue weighted by Gasteiger charge is 2.22. The largest absolute Gasteiger partial charge is 0.379 e. The van der Waals surface area contributed by atoms with Gasteiger partial charge in [0.15, 0.2) is 0 Å². The molecule has 2 heteroatoms. The molecule has 1 atom stereocenters. The van der Waals surface area contributed by atoms with Crippen LogP contribution in [-0.4, -0.2) is 20.3 Å². The summed E-state index contributed by atoms with van der Waals surface area (Å²) in [7, 11) is 2.02. The van der Waals surface area contributed by atoms with Gasteiger partial charge < -0.3 is 10.1 Å². The van der Waals surface area contributed by atoms with E-state index in [1.807, 2.05) is 7.05 Å². The smallest absolute Gasteiger partial charge is 0.0661 e. The zero-order valence-corrected chi connectivity index (χ0v) is 12.0. The van der Waals surface area contributed by atoms with Gasteiger partial charge in [-0.15, -0.1) is 0 Å². The van der Waals surface area contributed by atoms with Gasteiger partial charge in [-0.05, 0) is 63.3 Å². The number of hydrogen-bond acceptors (Lipinski definition) is 2. The maximum atomic E-state index is 5.84. The van der Waals surface area contributed by atoms with E-state index >= 15 is 0 Å². The van der Waals surface area contributed by atoms with Gasteiger partial charge in [0.05, 0.1) is 12.6 Å². The first-order chi connectivity index (χ1) is 8.61. The molecule has 0 amide bonds. The first-order valence-electron chi connectivity index (χ1n) is 6.94. The molecular weight excluding hydrogens is 222 g/mol. The number of rotatable bonds is 6. The van der Waals surface area contributed by atoms with E-state index in [0.29, 0.717) is 6.04 Å². The molecule has 1 unspecified atom stereocenters. The summed E-state index contributed by atoms with van der Waals surface area (Å²) in [4.78, 5) is 0. The average Bonchev–Trinajstić information content (AvgIpc) is 3.09. The van der Waals surface area contributed by atoms with Crippen LogP contribution in [0.5, 0.6) is 0 Å². The Kier molecular flexibility index (Phi) is 4.41. The molecule has 18 heavy (non-hydrogen) atoms. The van der Waals surface area contributed by atoms with Crippen LogP contribution in [0.15, 0.2) is 12.1 Å². The van der Waals surface area contributed by atoms with Crippen molar-refractivity contribution < 1.29 is 4.74 Å². The summed E-state index contributed by atoms with van der Waals surface area (Å²) in [5.41, 5.74) is 5.46. The predicted octanol–water partition coefficient (Wildman–Crippen LogP) is 3.30. The van der Waals surface area contributed by atoms with Crippen molar-refractivity contribution in [2.75, 3.05) is 20.3 Å². The highest BCUT2D eigenvalue weighted by Crippen LogP contribution is 2.29. The second-order valence-corrected chi connectivity index (χ2v) is 5.63. The van der Waals surface area contributed by atoms with E-state index in [0.717, 1.165) is 19.1 Å². The summed E-state index contributed by atoms with van der Waals surface area (Å²) in [6.45, 7) is 8.25. The lowest BCUT2D eigenvalue weighted by Gasteiger charge is -2.22. The summed E-state index contributed by atoms with van der Waals surface area (Å²) in [6.07, 6.45) is 2.71. The molecule has 0 aromatic heterocycles. The summed E-state index contributed by atoms with van der Waals surface area (Å²) in [5.74, 6) is 0.836. The first kappa shape index (κ1) is 13.6. The molecule has 1 saturated carbocycles. The van der Waals surface area contributed by atoms with Crippen LogP contribution in [0.1, 0.15) is 41.1 Å². The molecule has 0 heterocycles. The zero-order valence-electron chi connectivity index (χ0n) is 12.0. The monoisotopic (exact) mass is 247 g/mol. The SMILES string of the molecule is CNC(COCC1CC1)c1c(C)cc(C)cc1C. The molecule has 0 aliphatic heterocycles. The number of nitrogens with one attached hydrogen (secondary N) is 1. The first-order valence-corrected chi connectivity index (χ1v) is 6.94. The van der Waals surface area contributed by atoms with E-state index in [2.05, 4.69) is 38.2 Å². The molecule has 2 nitrogen and oxygen atoms in total. The summed E-state index contributed by atoms with van der Waals surface area (Å²) < 4.78 is 5.84. The Balaban J connectivity index is 2.05. The molecule has 0 saturated heterocycles. The fourth-order valence-electron chi connectivity index (χ4n) is 2.69. The molecule has 0 bridgehead atoms. The number of likely N-dealkylation sites (N-methyl/N-ethyl adjacent to an activating group) is 1. The maximum absolute atomic E-state index is 5.84. The molecule has 2 rings (SSSR count). The molecule has 1 aliphatic rings. The van der Waals surface area contributed by atoms with Crippen molar-refractivity contribution in [1.82, 2.24) is 5.32 Å². The van der Waals surface area contributed by atoms with Crippen molar-refractivity contribution in [2.24, 2.45) is 5.92 Å². The fraction of sp³-hybridized carbons (Fsp3) is 0.625. The quantitative estimate of drug-likeness (QED) is 0.833. The molecule has 1 fully saturated rings. The number of aryl methyl sites for hydroxylation is 3. The molecule has 0 spiro atoms. The minimum absolute atomic E-state index is 0.310. The van der Waals surface area contributed by atoms with E-state index < -0.39 is 0 Å². The molecular formula is C16H25NO. The third-order valence-electron chi connectivity index (χ3n) is 3.77. The molecule has 1 N–H and O–H groups in total. The molecule has 1 aromatic rings. The van der Waals surface area contributed by atoms with Crippen LogP contribution in [-0.2, 0) is 4.74 Å². The Labute approximate surface area is 111 Å². The van der Waals surface area contributed by atoms with Gasteiger partial charge in [0.1, 0.15) is 0 Å². The van der Waals surface area contributed by atoms with Gasteiger partial charge in [-0.2, -0.15) is 0 Å². The van der Waals surface area contributed by atoms with Crippen LogP contribution in [0, 0.1) is 26.7 Å². The second kappa shape index (κ2) is 5.85. The van der Waals surface area contributed by atoms with Crippen molar-refractivity contribution in [2.45, 2.75) is 39.7 Å². The Hall–Kier alpha value is -0.860. The number of hydrogen-bond donors (Lipinski definition) is 1. The third kappa shape index (κ3) is 3.33. The van der Waals surface area contributed by atoms with Crippen LogP contribution in [0.3, 0.4) is 0 Å². The van der Waals surface area contributed by atoms with Crippen molar-refractivity contribution in [3.8, 4) is 0 Å². The predicted molar refractivity (Wildman–Crippen MR) is 76.0 cm³/mol. The summed E-state index contributed by atoms with van der Waals surface area (Å²) >= 11 is 0. The van der Waals surface area contributed by atoms with Crippen LogP contribution < -0.4 is 5.32 Å². The Bertz CT molecular complexity index is 387.